The third-order valence-corrected chi connectivity index (χ3v) is 5.16. The minimum atomic E-state index is -0.515. The van der Waals surface area contributed by atoms with Crippen LogP contribution in [0.2, 0.25) is 10.0 Å². The van der Waals surface area contributed by atoms with Gasteiger partial charge in [-0.2, -0.15) is 5.10 Å². The highest BCUT2D eigenvalue weighted by Gasteiger charge is 2.31. The molecule has 1 fully saturated rings. The number of likely N-dealkylation sites (tertiary alicyclic amines) is 1. The van der Waals surface area contributed by atoms with Crippen LogP contribution >= 0.6 is 23.2 Å². The molecule has 1 aromatic carbocycles. The van der Waals surface area contributed by atoms with E-state index in [1.807, 2.05) is 13.2 Å². The molecule has 3 rings (SSSR count). The molecule has 142 valence electrons. The average Bonchev–Trinajstić information content (AvgIpc) is 3.08. The number of benzene rings is 1. The van der Waals surface area contributed by atoms with Crippen molar-refractivity contribution in [2.75, 3.05) is 11.9 Å². The van der Waals surface area contributed by atoms with Gasteiger partial charge in [-0.3, -0.25) is 14.3 Å². The minimum Gasteiger partial charge on any atom is -0.327 e. The molecular weight excluding hydrogens is 387 g/mol. The maximum absolute atomic E-state index is 12.7. The molecule has 1 unspecified atom stereocenters. The molecule has 0 spiro atoms. The van der Waals surface area contributed by atoms with Crippen molar-refractivity contribution in [1.82, 2.24) is 14.7 Å². The summed E-state index contributed by atoms with van der Waals surface area (Å²) in [5.41, 5.74) is 1.39. The molecule has 6 nitrogen and oxygen atoms in total. The topological polar surface area (TPSA) is 67.2 Å². The number of carbonyl (C=O) groups excluding carboxylic acids is 2. The highest BCUT2D eigenvalue weighted by Crippen LogP contribution is 2.26. The fourth-order valence-electron chi connectivity index (χ4n) is 3.06. The Labute approximate surface area is 167 Å². The lowest BCUT2D eigenvalue weighted by atomic mass is 10.0. The number of aromatic nitrogens is 2. The summed E-state index contributed by atoms with van der Waals surface area (Å²) in [7, 11) is 1.81. The minimum absolute atomic E-state index is 0.187. The first-order valence-electron chi connectivity index (χ1n) is 8.67. The van der Waals surface area contributed by atoms with Crippen LogP contribution in [0.5, 0.6) is 0 Å². The maximum atomic E-state index is 12.7. The smallest absolute Gasteiger partial charge is 0.247 e. The zero-order chi connectivity index (χ0) is 19.4. The first-order chi connectivity index (χ1) is 12.9. The lowest BCUT2D eigenvalue weighted by Gasteiger charge is -2.34. The molecule has 1 aliphatic heterocycles. The molecule has 1 atom stereocenters. The molecule has 27 heavy (non-hydrogen) atoms. The van der Waals surface area contributed by atoms with E-state index >= 15 is 0 Å². The number of carbonyl (C=O) groups is 2. The Morgan fingerprint density at radius 3 is 2.78 bits per heavy atom. The number of anilines is 1. The second kappa shape index (κ2) is 8.59. The van der Waals surface area contributed by atoms with Crippen molar-refractivity contribution in [3.05, 3.63) is 52.3 Å². The lowest BCUT2D eigenvalue weighted by molar-refractivity contribution is -0.136. The van der Waals surface area contributed by atoms with E-state index in [4.69, 9.17) is 23.2 Å². The van der Waals surface area contributed by atoms with Crippen molar-refractivity contribution < 1.29 is 9.59 Å². The van der Waals surface area contributed by atoms with Crippen LogP contribution in [0.15, 0.2) is 36.7 Å². The zero-order valence-corrected chi connectivity index (χ0v) is 16.4. The predicted octanol–water partition coefficient (Wildman–Crippen LogP) is 3.76. The van der Waals surface area contributed by atoms with Crippen LogP contribution in [0.1, 0.15) is 24.8 Å². The van der Waals surface area contributed by atoms with Crippen LogP contribution in [-0.2, 0) is 16.6 Å². The first-order valence-corrected chi connectivity index (χ1v) is 9.43. The first kappa shape index (κ1) is 19.5. The molecule has 2 aromatic rings. The van der Waals surface area contributed by atoms with Crippen LogP contribution in [0.3, 0.4) is 0 Å². The fraction of sp³-hybridized carbons (Fsp3) is 0.316. The van der Waals surface area contributed by atoms with Crippen molar-refractivity contribution >= 4 is 46.8 Å². The van der Waals surface area contributed by atoms with Crippen LogP contribution in [0.4, 0.5) is 5.69 Å². The molecule has 0 bridgehead atoms. The lowest BCUT2D eigenvalue weighted by Crippen LogP contribution is -2.49. The summed E-state index contributed by atoms with van der Waals surface area (Å²) in [5.74, 6) is -0.413. The Bertz CT molecular complexity index is 878. The van der Waals surface area contributed by atoms with Gasteiger partial charge in [0.1, 0.15) is 6.04 Å². The highest BCUT2D eigenvalue weighted by atomic mass is 35.5. The summed E-state index contributed by atoms with van der Waals surface area (Å²) in [6, 6.07) is 4.39. The SMILES string of the molecule is Cn1cc(/C=C/C(=O)N2CCCCC2C(=O)Nc2ccc(Cl)c(Cl)c2)cn1. The monoisotopic (exact) mass is 406 g/mol. The van der Waals surface area contributed by atoms with Crippen molar-refractivity contribution in [1.29, 1.82) is 0 Å². The predicted molar refractivity (Wildman–Crippen MR) is 107 cm³/mol. The highest BCUT2D eigenvalue weighted by molar-refractivity contribution is 6.42. The Morgan fingerprint density at radius 1 is 1.26 bits per heavy atom. The largest absolute Gasteiger partial charge is 0.327 e. The number of amides is 2. The van der Waals surface area contributed by atoms with Gasteiger partial charge < -0.3 is 10.2 Å². The Balaban J connectivity index is 1.70. The van der Waals surface area contributed by atoms with Crippen LogP contribution in [-0.4, -0.2) is 39.1 Å². The van der Waals surface area contributed by atoms with E-state index in [0.717, 1.165) is 18.4 Å². The van der Waals surface area contributed by atoms with Gasteiger partial charge in [0.15, 0.2) is 0 Å². The fourth-order valence-corrected chi connectivity index (χ4v) is 3.35. The number of nitrogens with one attached hydrogen (secondary N) is 1. The number of nitrogens with zero attached hydrogens (tertiary/aromatic N) is 3. The summed E-state index contributed by atoms with van der Waals surface area (Å²) in [4.78, 5) is 27.0. The van der Waals surface area contributed by atoms with Crippen molar-refractivity contribution in [2.45, 2.75) is 25.3 Å². The van der Waals surface area contributed by atoms with E-state index in [9.17, 15) is 9.59 Å². The third kappa shape index (κ3) is 4.90. The normalized spacial score (nSPS) is 17.3. The van der Waals surface area contributed by atoms with Crippen molar-refractivity contribution in [3.63, 3.8) is 0 Å². The van der Waals surface area contributed by atoms with Gasteiger partial charge in [0.05, 0.1) is 16.2 Å². The summed E-state index contributed by atoms with van der Waals surface area (Å²) in [6.45, 7) is 0.551. The maximum Gasteiger partial charge on any atom is 0.247 e. The van der Waals surface area contributed by atoms with Gasteiger partial charge in [-0.25, -0.2) is 0 Å². The van der Waals surface area contributed by atoms with Crippen LogP contribution in [0.25, 0.3) is 6.08 Å². The summed E-state index contributed by atoms with van der Waals surface area (Å²) < 4.78 is 1.67. The number of piperidine rings is 1. The molecule has 2 amide bonds. The number of hydrogen-bond donors (Lipinski definition) is 1. The van der Waals surface area contributed by atoms with Crippen LogP contribution in [0, 0.1) is 0 Å². The molecule has 1 aliphatic rings. The third-order valence-electron chi connectivity index (χ3n) is 4.42. The van der Waals surface area contributed by atoms with Gasteiger partial charge in [-0.05, 0) is 43.5 Å². The molecule has 2 heterocycles. The van der Waals surface area contributed by atoms with E-state index in [1.54, 1.807) is 40.1 Å². The van der Waals surface area contributed by atoms with Gasteiger partial charge in [-0.15, -0.1) is 0 Å². The molecular formula is C19H20Cl2N4O2. The van der Waals surface area contributed by atoms with Gasteiger partial charge >= 0.3 is 0 Å². The molecule has 0 aliphatic carbocycles. The number of halogens is 2. The van der Waals surface area contributed by atoms with Crippen LogP contribution < -0.4 is 5.32 Å². The van der Waals surface area contributed by atoms with E-state index in [-0.39, 0.29) is 11.8 Å². The molecule has 8 heteroatoms. The van der Waals surface area contributed by atoms with Gasteiger partial charge in [0.25, 0.3) is 0 Å². The summed E-state index contributed by atoms with van der Waals surface area (Å²) in [6.07, 6.45) is 9.08. The Hall–Kier alpha value is -2.31. The van der Waals surface area contributed by atoms with Gasteiger partial charge in [-0.1, -0.05) is 23.2 Å². The molecule has 1 aromatic heterocycles. The molecule has 1 N–H and O–H groups in total. The standard InChI is InChI=1S/C19H20Cl2N4O2/c1-24-12-13(11-22-24)5-8-18(26)25-9-3-2-4-17(25)19(27)23-14-6-7-15(20)16(21)10-14/h5-8,10-12,17H,2-4,9H2,1H3,(H,23,27)/b8-5+. The number of aryl methyl sites for hydroxylation is 1. The van der Waals surface area contributed by atoms with Gasteiger partial charge in [0, 0.05) is 37.1 Å². The Kier molecular flexibility index (Phi) is 6.19. The van der Waals surface area contributed by atoms with E-state index in [2.05, 4.69) is 10.4 Å². The van der Waals surface area contributed by atoms with E-state index in [0.29, 0.717) is 28.7 Å². The van der Waals surface area contributed by atoms with Crippen molar-refractivity contribution in [3.8, 4) is 0 Å². The second-order valence-electron chi connectivity index (χ2n) is 6.44. The second-order valence-corrected chi connectivity index (χ2v) is 7.26. The number of hydrogen-bond acceptors (Lipinski definition) is 3. The van der Waals surface area contributed by atoms with E-state index in [1.165, 1.54) is 6.08 Å². The molecule has 0 radical (unpaired) electrons. The zero-order valence-electron chi connectivity index (χ0n) is 14.9. The number of rotatable bonds is 4. The van der Waals surface area contributed by atoms with E-state index < -0.39 is 6.04 Å². The molecule has 0 saturated carbocycles. The Morgan fingerprint density at radius 2 is 2.07 bits per heavy atom. The van der Waals surface area contributed by atoms with Crippen molar-refractivity contribution in [2.24, 2.45) is 7.05 Å². The summed E-state index contributed by atoms with van der Waals surface area (Å²) in [5, 5.41) is 7.68. The van der Waals surface area contributed by atoms with Gasteiger partial charge in [0.2, 0.25) is 11.8 Å². The summed E-state index contributed by atoms with van der Waals surface area (Å²) >= 11 is 11.9. The quantitative estimate of drug-likeness (QED) is 0.785. The average molecular weight is 407 g/mol. The molecule has 1 saturated heterocycles.